The molecule has 0 spiro atoms. The minimum Gasteiger partial charge on any atom is -0.319 e. The number of likely N-dealkylation sites (N-methyl/N-ethyl adjacent to an activating group) is 1. The Kier molecular flexibility index (Phi) is 5.51. The van der Waals surface area contributed by atoms with E-state index in [0.717, 1.165) is 37.2 Å². The molecule has 1 unspecified atom stereocenters. The first-order valence-corrected chi connectivity index (χ1v) is 7.63. The van der Waals surface area contributed by atoms with Gasteiger partial charge in [-0.3, -0.25) is 4.68 Å². The molecular weight excluding hydrogens is 265 g/mol. The molecule has 3 nitrogen and oxygen atoms in total. The summed E-state index contributed by atoms with van der Waals surface area (Å²) in [5.41, 5.74) is 3.37. The van der Waals surface area contributed by atoms with Crippen molar-refractivity contribution in [2.24, 2.45) is 0 Å². The summed E-state index contributed by atoms with van der Waals surface area (Å²) in [6.07, 6.45) is 1.81. The summed E-state index contributed by atoms with van der Waals surface area (Å²) in [4.78, 5) is 0. The average Bonchev–Trinajstić information content (AvgIpc) is 2.89. The van der Waals surface area contributed by atoms with E-state index in [-0.39, 0.29) is 11.7 Å². The Bertz CT molecular complexity index is 577. The van der Waals surface area contributed by atoms with Gasteiger partial charge in [0.15, 0.2) is 0 Å². The second-order valence-corrected chi connectivity index (χ2v) is 5.31. The van der Waals surface area contributed by atoms with E-state index in [2.05, 4.69) is 35.0 Å². The molecule has 0 radical (unpaired) electrons. The smallest absolute Gasteiger partial charge is 0.123 e. The number of halogens is 1. The van der Waals surface area contributed by atoms with Crippen LogP contribution in [0.3, 0.4) is 0 Å². The molecule has 0 aliphatic rings. The molecule has 0 fully saturated rings. The van der Waals surface area contributed by atoms with Crippen LogP contribution < -0.4 is 5.32 Å². The quantitative estimate of drug-likeness (QED) is 0.848. The molecule has 21 heavy (non-hydrogen) atoms. The van der Waals surface area contributed by atoms with Crippen molar-refractivity contribution in [3.8, 4) is 0 Å². The lowest BCUT2D eigenvalue weighted by atomic mass is 9.93. The van der Waals surface area contributed by atoms with E-state index >= 15 is 0 Å². The van der Waals surface area contributed by atoms with Gasteiger partial charge < -0.3 is 5.32 Å². The summed E-state index contributed by atoms with van der Waals surface area (Å²) in [6.45, 7) is 5.90. The molecule has 1 aromatic heterocycles. The molecule has 1 aromatic carbocycles. The van der Waals surface area contributed by atoms with Crippen LogP contribution in [0.25, 0.3) is 0 Å². The fraction of sp³-hybridized carbons (Fsp3) is 0.471. The normalized spacial score (nSPS) is 12.6. The molecule has 2 aromatic rings. The lowest BCUT2D eigenvalue weighted by molar-refractivity contribution is 0.557. The summed E-state index contributed by atoms with van der Waals surface area (Å²) in [6, 6.07) is 9.08. The molecule has 1 heterocycles. The van der Waals surface area contributed by atoms with Crippen LogP contribution in [-0.2, 0) is 19.4 Å². The van der Waals surface area contributed by atoms with Crippen molar-refractivity contribution in [3.05, 3.63) is 53.1 Å². The molecule has 2 rings (SSSR count). The largest absolute Gasteiger partial charge is 0.319 e. The second-order valence-electron chi connectivity index (χ2n) is 5.31. The third-order valence-electron chi connectivity index (χ3n) is 3.80. The van der Waals surface area contributed by atoms with E-state index in [1.54, 1.807) is 12.1 Å². The van der Waals surface area contributed by atoms with Crippen LogP contribution in [0.15, 0.2) is 30.3 Å². The second kappa shape index (κ2) is 7.36. The Morgan fingerprint density at radius 3 is 2.71 bits per heavy atom. The fourth-order valence-corrected chi connectivity index (χ4v) is 2.69. The van der Waals surface area contributed by atoms with Gasteiger partial charge in [-0.1, -0.05) is 19.1 Å². The molecule has 4 heteroatoms. The highest BCUT2D eigenvalue weighted by molar-refractivity contribution is 5.24. The third kappa shape index (κ3) is 3.91. The van der Waals surface area contributed by atoms with Crippen molar-refractivity contribution in [2.75, 3.05) is 13.6 Å². The number of aryl methyl sites for hydroxylation is 2. The van der Waals surface area contributed by atoms with Crippen LogP contribution in [0.5, 0.6) is 0 Å². The minimum atomic E-state index is -0.174. The Morgan fingerprint density at radius 1 is 1.29 bits per heavy atom. The van der Waals surface area contributed by atoms with Crippen molar-refractivity contribution < 1.29 is 4.39 Å². The monoisotopic (exact) mass is 289 g/mol. The van der Waals surface area contributed by atoms with Gasteiger partial charge in [0.05, 0.1) is 5.69 Å². The first kappa shape index (κ1) is 15.7. The fourth-order valence-electron chi connectivity index (χ4n) is 2.69. The van der Waals surface area contributed by atoms with Crippen LogP contribution in [0.1, 0.15) is 36.7 Å². The Labute approximate surface area is 126 Å². The SMILES string of the molecule is CCc1cc(CC(CNC)c2cccc(F)c2)n(CC)n1. The molecule has 0 amide bonds. The van der Waals surface area contributed by atoms with E-state index in [4.69, 9.17) is 0 Å². The van der Waals surface area contributed by atoms with E-state index in [0.29, 0.717) is 0 Å². The minimum absolute atomic E-state index is 0.174. The summed E-state index contributed by atoms with van der Waals surface area (Å²) in [7, 11) is 1.93. The molecule has 0 saturated carbocycles. The van der Waals surface area contributed by atoms with Gasteiger partial charge in [0, 0.05) is 24.7 Å². The molecule has 1 N–H and O–H groups in total. The number of benzene rings is 1. The number of rotatable bonds is 7. The lowest BCUT2D eigenvalue weighted by Gasteiger charge is -2.17. The molecule has 1 atom stereocenters. The number of hydrogen-bond acceptors (Lipinski definition) is 2. The number of nitrogens with one attached hydrogen (secondary N) is 1. The molecule has 114 valence electrons. The van der Waals surface area contributed by atoms with E-state index < -0.39 is 0 Å². The zero-order valence-corrected chi connectivity index (χ0v) is 13.1. The molecular formula is C17H24FN3. The highest BCUT2D eigenvalue weighted by atomic mass is 19.1. The van der Waals surface area contributed by atoms with Crippen molar-refractivity contribution in [1.29, 1.82) is 0 Å². The van der Waals surface area contributed by atoms with Gasteiger partial charge in [-0.25, -0.2) is 4.39 Å². The van der Waals surface area contributed by atoms with Crippen molar-refractivity contribution in [1.82, 2.24) is 15.1 Å². The van der Waals surface area contributed by atoms with Crippen LogP contribution in [0, 0.1) is 5.82 Å². The van der Waals surface area contributed by atoms with E-state index in [1.807, 2.05) is 13.1 Å². The van der Waals surface area contributed by atoms with Crippen LogP contribution in [0.4, 0.5) is 4.39 Å². The lowest BCUT2D eigenvalue weighted by Crippen LogP contribution is -2.20. The van der Waals surface area contributed by atoms with Gasteiger partial charge in [0.2, 0.25) is 0 Å². The molecule has 0 bridgehead atoms. The van der Waals surface area contributed by atoms with Crippen LogP contribution in [0.2, 0.25) is 0 Å². The van der Waals surface area contributed by atoms with E-state index in [9.17, 15) is 4.39 Å². The summed E-state index contributed by atoms with van der Waals surface area (Å²) >= 11 is 0. The predicted octanol–water partition coefficient (Wildman–Crippen LogP) is 3.15. The Morgan fingerprint density at radius 2 is 2.10 bits per heavy atom. The van der Waals surface area contributed by atoms with Crippen molar-refractivity contribution >= 4 is 0 Å². The van der Waals surface area contributed by atoms with Crippen LogP contribution >= 0.6 is 0 Å². The standard InChI is InChI=1S/C17H24FN3/c1-4-16-11-17(21(5-2)20-16)10-14(12-19-3)13-7-6-8-15(18)9-13/h6-9,11,14,19H,4-5,10,12H2,1-3H3. The van der Waals surface area contributed by atoms with Crippen molar-refractivity contribution in [3.63, 3.8) is 0 Å². The first-order chi connectivity index (χ1) is 10.2. The van der Waals surface area contributed by atoms with Gasteiger partial charge in [0.25, 0.3) is 0 Å². The Balaban J connectivity index is 2.25. The zero-order chi connectivity index (χ0) is 15.2. The maximum Gasteiger partial charge on any atom is 0.123 e. The number of aromatic nitrogens is 2. The molecule has 0 aliphatic carbocycles. The molecule has 0 saturated heterocycles. The van der Waals surface area contributed by atoms with Gasteiger partial charge in [-0.05, 0) is 50.6 Å². The number of hydrogen-bond donors (Lipinski definition) is 1. The maximum atomic E-state index is 13.5. The average molecular weight is 289 g/mol. The predicted molar refractivity (Wildman–Crippen MR) is 84.1 cm³/mol. The van der Waals surface area contributed by atoms with Gasteiger partial charge >= 0.3 is 0 Å². The summed E-state index contributed by atoms with van der Waals surface area (Å²) in [5, 5.41) is 7.81. The Hall–Kier alpha value is -1.68. The topological polar surface area (TPSA) is 29.9 Å². The van der Waals surface area contributed by atoms with Gasteiger partial charge in [-0.2, -0.15) is 5.10 Å². The summed E-state index contributed by atoms with van der Waals surface area (Å²) < 4.78 is 15.5. The third-order valence-corrected chi connectivity index (χ3v) is 3.80. The van der Waals surface area contributed by atoms with Gasteiger partial charge in [-0.15, -0.1) is 0 Å². The highest BCUT2D eigenvalue weighted by Crippen LogP contribution is 2.22. The van der Waals surface area contributed by atoms with Crippen molar-refractivity contribution in [2.45, 2.75) is 39.2 Å². The maximum absolute atomic E-state index is 13.5. The zero-order valence-electron chi connectivity index (χ0n) is 13.1. The van der Waals surface area contributed by atoms with Gasteiger partial charge in [0.1, 0.15) is 5.82 Å². The highest BCUT2D eigenvalue weighted by Gasteiger charge is 2.16. The molecule has 0 aliphatic heterocycles. The van der Waals surface area contributed by atoms with Crippen LogP contribution in [-0.4, -0.2) is 23.4 Å². The summed E-state index contributed by atoms with van der Waals surface area (Å²) in [5.74, 6) is 0.0734. The first-order valence-electron chi connectivity index (χ1n) is 7.63. The number of nitrogens with zero attached hydrogens (tertiary/aromatic N) is 2. The van der Waals surface area contributed by atoms with E-state index in [1.165, 1.54) is 11.8 Å².